The zero-order chi connectivity index (χ0) is 6.69. The normalized spacial score (nSPS) is 25.6. The molecule has 0 heterocycles. The maximum Gasteiger partial charge on any atom is 0.0587 e. The minimum Gasteiger partial charge on any atom is -0.171 e. The molecule has 0 aromatic heterocycles. The first-order chi connectivity index (χ1) is 4.29. The van der Waals surface area contributed by atoms with Crippen molar-refractivity contribution in [3.05, 3.63) is 28.4 Å². The lowest BCUT2D eigenvalue weighted by molar-refractivity contribution is 1.09. The smallest absolute Gasteiger partial charge is 0.0587 e. The van der Waals surface area contributed by atoms with Crippen molar-refractivity contribution in [3.63, 3.8) is 0 Å². The molecule has 1 aliphatic carbocycles. The third-order valence-corrected chi connectivity index (χ3v) is 1.94. The summed E-state index contributed by atoms with van der Waals surface area (Å²) >= 11 is 7.60. The van der Waals surface area contributed by atoms with E-state index in [4.69, 9.17) is 0 Å². The molecule has 1 atom stereocenters. The van der Waals surface area contributed by atoms with E-state index in [9.17, 15) is 0 Å². The van der Waals surface area contributed by atoms with Gasteiger partial charge in [0.05, 0.1) is 4.48 Å². The average molecular weight is 203 g/mol. The molecular weight excluding hydrogens is 196 g/mol. The molecule has 0 fully saturated rings. The van der Waals surface area contributed by atoms with E-state index in [-0.39, 0.29) is 0 Å². The van der Waals surface area contributed by atoms with Gasteiger partial charge in [0.2, 0.25) is 0 Å². The third-order valence-electron chi connectivity index (χ3n) is 1.06. The molecule has 0 N–H and O–H groups in total. The molecule has 0 saturated carbocycles. The third kappa shape index (κ3) is 2.44. The van der Waals surface area contributed by atoms with Gasteiger partial charge in [-0.3, -0.25) is 0 Å². The van der Waals surface area contributed by atoms with E-state index in [1.54, 1.807) is 0 Å². The standard InChI is InChI=1S/C7H7BrS/c8-6-2-1-3-7(9)5-4-6/h1,4-5,7,9H,3H2/t7-/m1/s1. The Hall–Kier alpha value is 0.0900. The molecule has 0 nitrogen and oxygen atoms in total. The van der Waals surface area contributed by atoms with Crippen LogP contribution in [0.25, 0.3) is 0 Å². The molecule has 0 saturated heterocycles. The van der Waals surface area contributed by atoms with Crippen LogP contribution in [0.15, 0.2) is 28.4 Å². The van der Waals surface area contributed by atoms with Crippen molar-refractivity contribution < 1.29 is 0 Å². The summed E-state index contributed by atoms with van der Waals surface area (Å²) in [6, 6.07) is 0. The predicted molar refractivity (Wildman–Crippen MR) is 47.1 cm³/mol. The van der Waals surface area contributed by atoms with Gasteiger partial charge in [0.25, 0.3) is 0 Å². The van der Waals surface area contributed by atoms with Gasteiger partial charge in [0.1, 0.15) is 0 Å². The molecule has 9 heavy (non-hydrogen) atoms. The summed E-state index contributed by atoms with van der Waals surface area (Å²) in [7, 11) is 0. The quantitative estimate of drug-likeness (QED) is 0.454. The summed E-state index contributed by atoms with van der Waals surface area (Å²) in [6.07, 6.45) is 6.97. The van der Waals surface area contributed by atoms with Crippen LogP contribution in [0.4, 0.5) is 0 Å². The monoisotopic (exact) mass is 202 g/mol. The lowest BCUT2D eigenvalue weighted by Crippen LogP contribution is -1.87. The van der Waals surface area contributed by atoms with Crippen LogP contribution in [0.2, 0.25) is 0 Å². The van der Waals surface area contributed by atoms with Gasteiger partial charge in [-0.1, -0.05) is 6.08 Å². The van der Waals surface area contributed by atoms with Gasteiger partial charge in [-0.05, 0) is 34.5 Å². The summed E-state index contributed by atoms with van der Waals surface area (Å²) in [5.41, 5.74) is 3.05. The highest BCUT2D eigenvalue weighted by Crippen LogP contribution is 2.13. The molecule has 0 unspecified atom stereocenters. The Labute approximate surface area is 68.9 Å². The lowest BCUT2D eigenvalue weighted by atomic mass is 10.3. The Morgan fingerprint density at radius 1 is 1.78 bits per heavy atom. The van der Waals surface area contributed by atoms with E-state index in [2.05, 4.69) is 34.3 Å². The topological polar surface area (TPSA) is 0 Å². The molecule has 0 bridgehead atoms. The summed E-state index contributed by atoms with van der Waals surface area (Å²) in [5.74, 6) is 0. The fourth-order valence-electron chi connectivity index (χ4n) is 0.599. The molecule has 0 aromatic carbocycles. The van der Waals surface area contributed by atoms with Crippen LogP contribution in [0.5, 0.6) is 0 Å². The maximum absolute atomic E-state index is 4.28. The van der Waals surface area contributed by atoms with Gasteiger partial charge in [-0.25, -0.2) is 0 Å². The first kappa shape index (κ1) is 7.20. The second kappa shape index (κ2) is 3.31. The van der Waals surface area contributed by atoms with E-state index in [0.29, 0.717) is 5.25 Å². The van der Waals surface area contributed by atoms with E-state index < -0.39 is 0 Å². The molecule has 1 aliphatic rings. The molecule has 0 radical (unpaired) electrons. The van der Waals surface area contributed by atoms with Crippen LogP contribution in [-0.2, 0) is 0 Å². The van der Waals surface area contributed by atoms with Gasteiger partial charge in [0.15, 0.2) is 0 Å². The summed E-state index contributed by atoms with van der Waals surface area (Å²) in [5, 5.41) is 0.354. The first-order valence-corrected chi connectivity index (χ1v) is 4.07. The zero-order valence-corrected chi connectivity index (χ0v) is 7.32. The first-order valence-electron chi connectivity index (χ1n) is 2.76. The fourth-order valence-corrected chi connectivity index (χ4v) is 1.11. The number of halogens is 1. The number of thiol groups is 1. The van der Waals surface area contributed by atoms with Crippen LogP contribution < -0.4 is 0 Å². The predicted octanol–water partition coefficient (Wildman–Crippen LogP) is 2.68. The van der Waals surface area contributed by atoms with Crippen molar-refractivity contribution in [2.45, 2.75) is 11.7 Å². The highest BCUT2D eigenvalue weighted by Gasteiger charge is 1.96. The molecular formula is C7H7BrS. The Balaban J connectivity index is 2.78. The van der Waals surface area contributed by atoms with Crippen LogP contribution >= 0.6 is 28.6 Å². The minimum absolute atomic E-state index is 0.354. The Bertz CT molecular complexity index is 187. The Morgan fingerprint density at radius 2 is 2.56 bits per heavy atom. The van der Waals surface area contributed by atoms with Gasteiger partial charge < -0.3 is 0 Å². The SMILES string of the molecule is S[C@H]1C=CC(Br)=C=CC1. The molecule has 48 valence electrons. The van der Waals surface area contributed by atoms with E-state index in [1.807, 2.05) is 18.2 Å². The lowest BCUT2D eigenvalue weighted by Gasteiger charge is -1.94. The van der Waals surface area contributed by atoms with Crippen LogP contribution in [0.1, 0.15) is 6.42 Å². The molecule has 1 rings (SSSR count). The van der Waals surface area contributed by atoms with Crippen LogP contribution in [-0.4, -0.2) is 5.25 Å². The van der Waals surface area contributed by atoms with E-state index in [0.717, 1.165) is 10.9 Å². The molecule has 2 heteroatoms. The number of allylic oxidation sites excluding steroid dienone is 2. The highest BCUT2D eigenvalue weighted by atomic mass is 79.9. The highest BCUT2D eigenvalue weighted by molar-refractivity contribution is 9.11. The van der Waals surface area contributed by atoms with E-state index in [1.165, 1.54) is 0 Å². The Kier molecular flexibility index (Phi) is 2.65. The minimum atomic E-state index is 0.354. The van der Waals surface area contributed by atoms with Gasteiger partial charge >= 0.3 is 0 Å². The largest absolute Gasteiger partial charge is 0.171 e. The fraction of sp³-hybridized carbons (Fsp3) is 0.286. The van der Waals surface area contributed by atoms with Crippen molar-refractivity contribution in [2.75, 3.05) is 0 Å². The van der Waals surface area contributed by atoms with Gasteiger partial charge in [-0.15, -0.1) is 5.73 Å². The van der Waals surface area contributed by atoms with E-state index >= 15 is 0 Å². The van der Waals surface area contributed by atoms with Gasteiger partial charge in [-0.2, -0.15) is 12.6 Å². The zero-order valence-electron chi connectivity index (χ0n) is 4.84. The van der Waals surface area contributed by atoms with Crippen LogP contribution in [0, 0.1) is 0 Å². The van der Waals surface area contributed by atoms with Crippen molar-refractivity contribution in [1.82, 2.24) is 0 Å². The van der Waals surface area contributed by atoms with Gasteiger partial charge in [0, 0.05) is 5.25 Å². The summed E-state index contributed by atoms with van der Waals surface area (Å²) < 4.78 is 0.999. The number of rotatable bonds is 0. The maximum atomic E-state index is 4.28. The summed E-state index contributed by atoms with van der Waals surface area (Å²) in [4.78, 5) is 0. The molecule has 0 aliphatic heterocycles. The van der Waals surface area contributed by atoms with Crippen molar-refractivity contribution >= 4 is 28.6 Å². The second-order valence-corrected chi connectivity index (χ2v) is 3.38. The second-order valence-electron chi connectivity index (χ2n) is 1.86. The van der Waals surface area contributed by atoms with Crippen molar-refractivity contribution in [3.8, 4) is 0 Å². The molecule has 0 spiro atoms. The number of hydrogen-bond acceptors (Lipinski definition) is 1. The van der Waals surface area contributed by atoms with Crippen molar-refractivity contribution in [2.24, 2.45) is 0 Å². The molecule has 0 amide bonds. The molecule has 0 aromatic rings. The summed E-state index contributed by atoms with van der Waals surface area (Å²) in [6.45, 7) is 0. The van der Waals surface area contributed by atoms with Crippen molar-refractivity contribution in [1.29, 1.82) is 0 Å². The number of hydrogen-bond donors (Lipinski definition) is 1. The van der Waals surface area contributed by atoms with Crippen LogP contribution in [0.3, 0.4) is 0 Å². The average Bonchev–Trinajstić information content (AvgIpc) is 1.97. The Morgan fingerprint density at radius 3 is 3.33 bits per heavy atom.